The van der Waals surface area contributed by atoms with Gasteiger partial charge in [0.25, 0.3) is 0 Å². The van der Waals surface area contributed by atoms with Crippen LogP contribution in [0.3, 0.4) is 0 Å². The molecule has 1 aromatic carbocycles. The van der Waals surface area contributed by atoms with E-state index in [0.717, 1.165) is 18.7 Å². The molecule has 3 heteroatoms. The van der Waals surface area contributed by atoms with Gasteiger partial charge in [0, 0.05) is 18.3 Å². The predicted octanol–water partition coefficient (Wildman–Crippen LogP) is 3.41. The summed E-state index contributed by atoms with van der Waals surface area (Å²) in [6.07, 6.45) is 7.16. The van der Waals surface area contributed by atoms with E-state index in [4.69, 9.17) is 0 Å². The van der Waals surface area contributed by atoms with Crippen molar-refractivity contribution >= 4 is 11.7 Å². The minimum absolute atomic E-state index is 0.0897. The minimum atomic E-state index is 0.0897. The van der Waals surface area contributed by atoms with Crippen LogP contribution in [0.4, 0.5) is 10.5 Å². The highest BCUT2D eigenvalue weighted by molar-refractivity contribution is 5.91. The van der Waals surface area contributed by atoms with Crippen LogP contribution in [0.5, 0.6) is 0 Å². The van der Waals surface area contributed by atoms with Gasteiger partial charge in [-0.25, -0.2) is 4.79 Å². The zero-order valence-corrected chi connectivity index (χ0v) is 10.7. The zero-order valence-electron chi connectivity index (χ0n) is 10.7. The molecule has 0 radical (unpaired) electrons. The molecule has 2 amide bonds. The van der Waals surface area contributed by atoms with Crippen molar-refractivity contribution in [1.29, 1.82) is 0 Å². The van der Waals surface area contributed by atoms with Gasteiger partial charge in [0.05, 0.1) is 0 Å². The summed E-state index contributed by atoms with van der Waals surface area (Å²) in [4.78, 5) is 14.3. The Bertz CT molecular complexity index is 438. The van der Waals surface area contributed by atoms with Crippen LogP contribution in [0, 0.1) is 0 Å². The summed E-state index contributed by atoms with van der Waals surface area (Å²) in [5, 5.41) is 3.06. The maximum atomic E-state index is 12.3. The van der Waals surface area contributed by atoms with Crippen LogP contribution < -0.4 is 5.32 Å². The Morgan fingerprint density at radius 3 is 2.72 bits per heavy atom. The van der Waals surface area contributed by atoms with Crippen LogP contribution in [-0.4, -0.2) is 23.5 Å². The first-order chi connectivity index (χ1) is 8.84. The van der Waals surface area contributed by atoms with E-state index < -0.39 is 0 Å². The van der Waals surface area contributed by atoms with Crippen LogP contribution in [0.1, 0.15) is 37.7 Å². The number of carbonyl (C=O) groups is 1. The number of nitrogens with one attached hydrogen (secondary N) is 1. The molecule has 96 valence electrons. The molecule has 1 aliphatic carbocycles. The smallest absolute Gasteiger partial charge is 0.321 e. The average molecular weight is 244 g/mol. The standard InChI is InChI=1S/C15H20N2O/c18-15-16-14-9-5-4-6-12(14)10-11-17(15)13-7-2-1-3-8-13/h4-6,9,13H,1-3,7-8,10-11H2,(H,16,18). The molecule has 0 saturated heterocycles. The van der Waals surface area contributed by atoms with Crippen molar-refractivity contribution in [3.05, 3.63) is 29.8 Å². The van der Waals surface area contributed by atoms with Gasteiger partial charge in [-0.1, -0.05) is 37.5 Å². The number of rotatable bonds is 1. The number of anilines is 1. The quantitative estimate of drug-likeness (QED) is 0.806. The van der Waals surface area contributed by atoms with Gasteiger partial charge in [-0.3, -0.25) is 0 Å². The lowest BCUT2D eigenvalue weighted by atomic mass is 9.94. The first kappa shape index (κ1) is 11.6. The van der Waals surface area contributed by atoms with Gasteiger partial charge in [0.15, 0.2) is 0 Å². The number of fused-ring (bicyclic) bond motifs is 1. The number of carbonyl (C=O) groups excluding carboxylic acids is 1. The Morgan fingerprint density at radius 2 is 1.89 bits per heavy atom. The van der Waals surface area contributed by atoms with Gasteiger partial charge in [0.2, 0.25) is 0 Å². The highest BCUT2D eigenvalue weighted by Gasteiger charge is 2.27. The van der Waals surface area contributed by atoms with E-state index in [1.165, 1.54) is 37.7 Å². The molecule has 3 rings (SSSR count). The maximum absolute atomic E-state index is 12.3. The van der Waals surface area contributed by atoms with Gasteiger partial charge in [-0.05, 0) is 30.9 Å². The van der Waals surface area contributed by atoms with Crippen LogP contribution in [0.15, 0.2) is 24.3 Å². The number of hydrogen-bond acceptors (Lipinski definition) is 1. The minimum Gasteiger partial charge on any atom is -0.321 e. The number of nitrogens with zero attached hydrogens (tertiary/aromatic N) is 1. The van der Waals surface area contributed by atoms with Gasteiger partial charge < -0.3 is 10.2 Å². The molecule has 0 atom stereocenters. The van der Waals surface area contributed by atoms with E-state index in [-0.39, 0.29) is 6.03 Å². The molecular weight excluding hydrogens is 224 g/mol. The summed E-state index contributed by atoms with van der Waals surface area (Å²) < 4.78 is 0. The molecule has 0 bridgehead atoms. The van der Waals surface area contributed by atoms with Crippen molar-refractivity contribution < 1.29 is 4.79 Å². The SMILES string of the molecule is O=C1Nc2ccccc2CCN1C1CCCCC1. The molecule has 1 saturated carbocycles. The topological polar surface area (TPSA) is 32.3 Å². The second-order valence-electron chi connectivity index (χ2n) is 5.32. The van der Waals surface area contributed by atoms with E-state index in [9.17, 15) is 4.79 Å². The Balaban J connectivity index is 1.78. The third kappa shape index (κ3) is 2.22. The van der Waals surface area contributed by atoms with Crippen molar-refractivity contribution in [3.8, 4) is 0 Å². The van der Waals surface area contributed by atoms with Gasteiger partial charge in [-0.15, -0.1) is 0 Å². The van der Waals surface area contributed by atoms with E-state index in [1.807, 2.05) is 18.2 Å². The molecule has 18 heavy (non-hydrogen) atoms. The molecule has 3 nitrogen and oxygen atoms in total. The fraction of sp³-hybridized carbons (Fsp3) is 0.533. The van der Waals surface area contributed by atoms with Gasteiger partial charge in [0.1, 0.15) is 0 Å². The van der Waals surface area contributed by atoms with Crippen molar-refractivity contribution in [2.24, 2.45) is 0 Å². The van der Waals surface area contributed by atoms with Gasteiger partial charge >= 0.3 is 6.03 Å². The number of benzene rings is 1. The number of urea groups is 1. The number of amides is 2. The summed E-state index contributed by atoms with van der Waals surface area (Å²) in [5.41, 5.74) is 2.24. The van der Waals surface area contributed by atoms with Crippen molar-refractivity contribution in [3.63, 3.8) is 0 Å². The molecule has 1 fully saturated rings. The van der Waals surface area contributed by atoms with Crippen molar-refractivity contribution in [1.82, 2.24) is 4.90 Å². The van der Waals surface area contributed by atoms with E-state index >= 15 is 0 Å². The largest absolute Gasteiger partial charge is 0.322 e. The third-order valence-corrected chi connectivity index (χ3v) is 4.16. The summed E-state index contributed by atoms with van der Waals surface area (Å²) in [7, 11) is 0. The molecule has 1 N–H and O–H groups in total. The second kappa shape index (κ2) is 5.01. The van der Waals surface area contributed by atoms with Crippen molar-refractivity contribution in [2.45, 2.75) is 44.6 Å². The Morgan fingerprint density at radius 1 is 1.11 bits per heavy atom. The summed E-state index contributed by atoms with van der Waals surface area (Å²) in [6, 6.07) is 8.67. The predicted molar refractivity (Wildman–Crippen MR) is 72.7 cm³/mol. The lowest BCUT2D eigenvalue weighted by Gasteiger charge is -2.33. The lowest BCUT2D eigenvalue weighted by molar-refractivity contribution is 0.169. The average Bonchev–Trinajstić information content (AvgIpc) is 2.58. The van der Waals surface area contributed by atoms with Crippen LogP contribution in [-0.2, 0) is 6.42 Å². The summed E-state index contributed by atoms with van der Waals surface area (Å²) in [5.74, 6) is 0. The highest BCUT2D eigenvalue weighted by atomic mass is 16.2. The Kier molecular flexibility index (Phi) is 3.22. The van der Waals surface area contributed by atoms with E-state index in [1.54, 1.807) is 0 Å². The van der Waals surface area contributed by atoms with Gasteiger partial charge in [-0.2, -0.15) is 0 Å². The monoisotopic (exact) mass is 244 g/mol. The van der Waals surface area contributed by atoms with Crippen LogP contribution in [0.2, 0.25) is 0 Å². The molecule has 2 aliphatic rings. The molecule has 0 aromatic heterocycles. The van der Waals surface area contributed by atoms with E-state index in [2.05, 4.69) is 16.3 Å². The third-order valence-electron chi connectivity index (χ3n) is 4.16. The molecule has 0 unspecified atom stereocenters. The van der Waals surface area contributed by atoms with Crippen LogP contribution in [0.25, 0.3) is 0 Å². The van der Waals surface area contributed by atoms with Crippen molar-refractivity contribution in [2.75, 3.05) is 11.9 Å². The Hall–Kier alpha value is -1.51. The normalized spacial score (nSPS) is 21.1. The van der Waals surface area contributed by atoms with E-state index in [0.29, 0.717) is 6.04 Å². The molecule has 1 heterocycles. The molecular formula is C15H20N2O. The summed E-state index contributed by atoms with van der Waals surface area (Å²) >= 11 is 0. The lowest BCUT2D eigenvalue weighted by Crippen LogP contribution is -2.43. The zero-order chi connectivity index (χ0) is 12.4. The number of hydrogen-bond donors (Lipinski definition) is 1. The highest BCUT2D eigenvalue weighted by Crippen LogP contribution is 2.26. The summed E-state index contributed by atoms with van der Waals surface area (Å²) in [6.45, 7) is 0.855. The Labute approximate surface area is 108 Å². The fourth-order valence-electron chi connectivity index (χ4n) is 3.13. The molecule has 1 aromatic rings. The molecule has 0 spiro atoms. The van der Waals surface area contributed by atoms with Crippen LogP contribution >= 0.6 is 0 Å². The fourth-order valence-corrected chi connectivity index (χ4v) is 3.13. The number of para-hydroxylation sites is 1. The second-order valence-corrected chi connectivity index (χ2v) is 5.32. The maximum Gasteiger partial charge on any atom is 0.322 e. The first-order valence-electron chi connectivity index (χ1n) is 7.00. The first-order valence-corrected chi connectivity index (χ1v) is 7.00. The molecule has 1 aliphatic heterocycles.